The molecule has 0 atom stereocenters. The first kappa shape index (κ1) is 15.8. The fourth-order valence-corrected chi connectivity index (χ4v) is 2.12. The van der Waals surface area contributed by atoms with Crippen LogP contribution in [0.4, 0.5) is 11.4 Å². The van der Waals surface area contributed by atoms with Crippen LogP contribution in [0.3, 0.4) is 0 Å². The van der Waals surface area contributed by atoms with Gasteiger partial charge < -0.3 is 10.1 Å². The van der Waals surface area contributed by atoms with Gasteiger partial charge in [-0.1, -0.05) is 11.6 Å². The molecular weight excluding hydrogens is 308 g/mol. The van der Waals surface area contributed by atoms with Gasteiger partial charge in [0.15, 0.2) is 0 Å². The summed E-state index contributed by atoms with van der Waals surface area (Å²) in [5.74, 6) is -0.0160. The Kier molecular flexibility index (Phi) is 4.62. The maximum absolute atomic E-state index is 12.3. The summed E-state index contributed by atoms with van der Waals surface area (Å²) in [7, 11) is 1.46. The number of non-ortho nitro benzene ring substituents is 1. The van der Waals surface area contributed by atoms with Gasteiger partial charge in [-0.3, -0.25) is 14.9 Å². The lowest BCUT2D eigenvalue weighted by Gasteiger charge is -2.11. The molecule has 0 saturated carbocycles. The molecule has 0 aliphatic heterocycles. The van der Waals surface area contributed by atoms with Crippen molar-refractivity contribution >= 4 is 28.9 Å². The van der Waals surface area contributed by atoms with Crippen molar-refractivity contribution in [3.63, 3.8) is 0 Å². The monoisotopic (exact) mass is 320 g/mol. The second kappa shape index (κ2) is 6.44. The third-order valence-electron chi connectivity index (χ3n) is 3.08. The Morgan fingerprint density at radius 2 is 2.00 bits per heavy atom. The van der Waals surface area contributed by atoms with Gasteiger partial charge in [-0.25, -0.2) is 0 Å². The number of hydrogen-bond donors (Lipinski definition) is 1. The zero-order valence-electron chi connectivity index (χ0n) is 11.9. The minimum absolute atomic E-state index is 0.0316. The number of methoxy groups -OCH3 is 1. The average molecular weight is 321 g/mol. The van der Waals surface area contributed by atoms with Crippen LogP contribution in [0.1, 0.15) is 15.9 Å². The molecule has 0 unspecified atom stereocenters. The molecule has 1 N–H and O–H groups in total. The number of benzene rings is 2. The van der Waals surface area contributed by atoms with Crippen LogP contribution in [0.2, 0.25) is 5.02 Å². The lowest BCUT2D eigenvalue weighted by molar-refractivity contribution is -0.384. The number of aryl methyl sites for hydroxylation is 1. The van der Waals surface area contributed by atoms with Crippen molar-refractivity contribution in [3.05, 3.63) is 62.7 Å². The molecule has 1 amide bonds. The quantitative estimate of drug-likeness (QED) is 0.686. The Morgan fingerprint density at radius 3 is 2.59 bits per heavy atom. The van der Waals surface area contributed by atoms with E-state index in [2.05, 4.69) is 5.32 Å². The molecule has 0 heterocycles. The average Bonchev–Trinajstić information content (AvgIpc) is 2.48. The van der Waals surface area contributed by atoms with E-state index >= 15 is 0 Å². The van der Waals surface area contributed by atoms with Crippen LogP contribution in [0.25, 0.3) is 0 Å². The maximum atomic E-state index is 12.3. The van der Waals surface area contributed by atoms with E-state index in [4.69, 9.17) is 16.3 Å². The summed E-state index contributed by atoms with van der Waals surface area (Å²) in [5, 5.41) is 13.8. The van der Waals surface area contributed by atoms with Crippen LogP contribution < -0.4 is 10.1 Å². The van der Waals surface area contributed by atoms with Gasteiger partial charge >= 0.3 is 0 Å². The predicted octanol–water partition coefficient (Wildman–Crippen LogP) is 3.82. The Balaban J connectivity index is 2.29. The highest BCUT2D eigenvalue weighted by atomic mass is 35.5. The van der Waals surface area contributed by atoms with Gasteiger partial charge in [-0.2, -0.15) is 0 Å². The number of carbonyl (C=O) groups excluding carboxylic acids is 1. The van der Waals surface area contributed by atoms with E-state index < -0.39 is 10.8 Å². The summed E-state index contributed by atoms with van der Waals surface area (Å²) in [6.45, 7) is 1.68. The molecule has 0 fully saturated rings. The summed E-state index contributed by atoms with van der Waals surface area (Å²) >= 11 is 5.90. The normalized spacial score (nSPS) is 10.1. The van der Waals surface area contributed by atoms with Crippen molar-refractivity contribution in [2.45, 2.75) is 6.92 Å². The third-order valence-corrected chi connectivity index (χ3v) is 3.31. The van der Waals surface area contributed by atoms with Crippen molar-refractivity contribution in [2.24, 2.45) is 0 Å². The molecule has 2 rings (SSSR count). The zero-order chi connectivity index (χ0) is 16.3. The van der Waals surface area contributed by atoms with E-state index in [0.29, 0.717) is 22.0 Å². The highest BCUT2D eigenvalue weighted by molar-refractivity contribution is 6.31. The van der Waals surface area contributed by atoms with Gasteiger partial charge in [0.1, 0.15) is 5.75 Å². The summed E-state index contributed by atoms with van der Waals surface area (Å²) < 4.78 is 5.13. The molecule has 22 heavy (non-hydrogen) atoms. The number of nitrogens with one attached hydrogen (secondary N) is 1. The topological polar surface area (TPSA) is 81.5 Å². The van der Waals surface area contributed by atoms with Gasteiger partial charge in [0, 0.05) is 22.8 Å². The number of ether oxygens (including phenoxy) is 1. The van der Waals surface area contributed by atoms with Gasteiger partial charge in [-0.15, -0.1) is 0 Å². The van der Waals surface area contributed by atoms with Crippen molar-refractivity contribution < 1.29 is 14.5 Å². The number of amides is 1. The van der Waals surface area contributed by atoms with E-state index in [0.717, 1.165) is 0 Å². The number of nitro groups is 1. The lowest BCUT2D eigenvalue weighted by atomic mass is 10.1. The smallest absolute Gasteiger partial charge is 0.269 e. The Morgan fingerprint density at radius 1 is 1.27 bits per heavy atom. The minimum atomic E-state index is -0.488. The Hall–Kier alpha value is -2.60. The summed E-state index contributed by atoms with van der Waals surface area (Å²) in [5.41, 5.74) is 1.32. The molecular formula is C15H13ClN2O4. The highest BCUT2D eigenvalue weighted by Crippen LogP contribution is 2.26. The van der Waals surface area contributed by atoms with E-state index in [9.17, 15) is 14.9 Å². The van der Waals surface area contributed by atoms with E-state index in [1.807, 2.05) is 0 Å². The third kappa shape index (κ3) is 3.35. The van der Waals surface area contributed by atoms with Crippen LogP contribution in [0, 0.1) is 17.0 Å². The fourth-order valence-electron chi connectivity index (χ4n) is 1.95. The molecule has 7 heteroatoms. The van der Waals surface area contributed by atoms with Gasteiger partial charge in [0.25, 0.3) is 11.6 Å². The number of nitro benzene ring substituents is 1. The molecule has 0 saturated heterocycles. The predicted molar refractivity (Wildman–Crippen MR) is 83.8 cm³/mol. The first-order chi connectivity index (χ1) is 10.4. The first-order valence-electron chi connectivity index (χ1n) is 6.32. The van der Waals surface area contributed by atoms with E-state index in [-0.39, 0.29) is 11.3 Å². The van der Waals surface area contributed by atoms with Gasteiger partial charge in [-0.05, 0) is 36.8 Å². The maximum Gasteiger partial charge on any atom is 0.269 e. The van der Waals surface area contributed by atoms with Gasteiger partial charge in [0.2, 0.25) is 0 Å². The van der Waals surface area contributed by atoms with Crippen molar-refractivity contribution in [2.75, 3.05) is 12.4 Å². The molecule has 2 aromatic rings. The molecule has 0 bridgehead atoms. The summed E-state index contributed by atoms with van der Waals surface area (Å²) in [6.07, 6.45) is 0. The number of anilines is 1. The molecule has 2 aromatic carbocycles. The Labute approximate surface area is 131 Å². The van der Waals surface area contributed by atoms with Crippen LogP contribution in [-0.4, -0.2) is 17.9 Å². The van der Waals surface area contributed by atoms with Crippen molar-refractivity contribution in [1.82, 2.24) is 0 Å². The number of halogens is 1. The molecule has 0 aliphatic rings. The SMILES string of the molecule is COc1ccc(Cl)cc1C(=O)Nc1ccc([N+](=O)[O-])cc1C. The second-order valence-corrected chi connectivity index (χ2v) is 4.99. The summed E-state index contributed by atoms with van der Waals surface area (Å²) in [6, 6.07) is 8.93. The van der Waals surface area contributed by atoms with E-state index in [1.165, 1.54) is 31.4 Å². The standard InChI is InChI=1S/C15H13ClN2O4/c1-9-7-11(18(20)21)4-5-13(9)17-15(19)12-8-10(16)3-6-14(12)22-2/h3-8H,1-2H3,(H,17,19). The first-order valence-corrected chi connectivity index (χ1v) is 6.70. The number of rotatable bonds is 4. The molecule has 6 nitrogen and oxygen atoms in total. The van der Waals surface area contributed by atoms with Crippen molar-refractivity contribution in [1.29, 1.82) is 0 Å². The minimum Gasteiger partial charge on any atom is -0.496 e. The number of hydrogen-bond acceptors (Lipinski definition) is 4. The van der Waals surface area contributed by atoms with Crippen LogP contribution in [0.5, 0.6) is 5.75 Å². The zero-order valence-corrected chi connectivity index (χ0v) is 12.7. The molecule has 114 valence electrons. The highest BCUT2D eigenvalue weighted by Gasteiger charge is 2.15. The fraction of sp³-hybridized carbons (Fsp3) is 0.133. The lowest BCUT2D eigenvalue weighted by Crippen LogP contribution is -2.14. The summed E-state index contributed by atoms with van der Waals surface area (Å²) in [4.78, 5) is 22.6. The second-order valence-electron chi connectivity index (χ2n) is 4.56. The molecule has 0 radical (unpaired) electrons. The number of nitrogens with zero attached hydrogens (tertiary/aromatic N) is 1. The van der Waals surface area contributed by atoms with Crippen molar-refractivity contribution in [3.8, 4) is 5.75 Å². The van der Waals surface area contributed by atoms with Crippen LogP contribution in [-0.2, 0) is 0 Å². The van der Waals surface area contributed by atoms with Crippen LogP contribution in [0.15, 0.2) is 36.4 Å². The Bertz CT molecular complexity index is 746. The largest absolute Gasteiger partial charge is 0.496 e. The van der Waals surface area contributed by atoms with Crippen LogP contribution >= 0.6 is 11.6 Å². The molecule has 0 spiro atoms. The van der Waals surface area contributed by atoms with E-state index in [1.54, 1.807) is 19.1 Å². The molecule has 0 aliphatic carbocycles. The number of carbonyl (C=O) groups is 1. The molecule has 0 aromatic heterocycles. The van der Waals surface area contributed by atoms with Gasteiger partial charge in [0.05, 0.1) is 17.6 Å².